The average Bonchev–Trinajstić information content (AvgIpc) is 2.66. The number of carboxylic acids is 1. The maximum atomic E-state index is 11.9. The summed E-state index contributed by atoms with van der Waals surface area (Å²) in [5.41, 5.74) is 0.403. The zero-order valence-corrected chi connectivity index (χ0v) is 11.1. The first-order chi connectivity index (χ1) is 9.49. The predicted molar refractivity (Wildman–Crippen MR) is 71.5 cm³/mol. The van der Waals surface area contributed by atoms with Crippen LogP contribution in [0.3, 0.4) is 0 Å². The van der Waals surface area contributed by atoms with Crippen molar-refractivity contribution in [1.82, 2.24) is 4.90 Å². The van der Waals surface area contributed by atoms with Crippen LogP contribution in [0.2, 0.25) is 0 Å². The molecule has 104 valence electrons. The molecule has 1 aliphatic rings. The van der Waals surface area contributed by atoms with Crippen molar-refractivity contribution in [2.45, 2.75) is 11.7 Å². The Hall–Kier alpha value is -2.15. The van der Waals surface area contributed by atoms with Crippen LogP contribution in [0.25, 0.3) is 0 Å². The molecule has 0 saturated carbocycles. The third kappa shape index (κ3) is 3.05. The van der Waals surface area contributed by atoms with E-state index in [1.165, 1.54) is 0 Å². The van der Waals surface area contributed by atoms with E-state index in [1.54, 1.807) is 30.3 Å². The Bertz CT molecular complexity index is 571. The number of hydrogen-bond acceptors (Lipinski definition) is 5. The molecule has 0 aromatic heterocycles. The summed E-state index contributed by atoms with van der Waals surface area (Å²) in [6, 6.07) is 8.30. The monoisotopic (exact) mass is 293 g/mol. The zero-order chi connectivity index (χ0) is 14.7. The van der Waals surface area contributed by atoms with Gasteiger partial charge >= 0.3 is 5.97 Å². The van der Waals surface area contributed by atoms with Crippen LogP contribution in [0.5, 0.6) is 0 Å². The summed E-state index contributed by atoms with van der Waals surface area (Å²) >= 11 is 0.652. The number of Topliss-reactive ketones (excluding diaryl/α,β-unsaturated/α-hetero) is 1. The van der Waals surface area contributed by atoms with Crippen molar-refractivity contribution in [3.05, 3.63) is 35.9 Å². The van der Waals surface area contributed by atoms with Gasteiger partial charge in [0.15, 0.2) is 5.78 Å². The molecular weight excluding hydrogens is 282 g/mol. The number of rotatable bonds is 5. The third-order valence-electron chi connectivity index (χ3n) is 2.76. The van der Waals surface area contributed by atoms with Gasteiger partial charge in [-0.1, -0.05) is 42.1 Å². The Balaban J connectivity index is 2.06. The Morgan fingerprint density at radius 2 is 1.85 bits per heavy atom. The molecular formula is C13H11NO5S. The molecule has 1 aromatic carbocycles. The lowest BCUT2D eigenvalue weighted by Gasteiger charge is -2.12. The smallest absolute Gasteiger partial charge is 0.305 e. The van der Waals surface area contributed by atoms with E-state index in [-0.39, 0.29) is 12.3 Å². The molecule has 1 heterocycles. The molecule has 1 fully saturated rings. The highest BCUT2D eigenvalue weighted by Crippen LogP contribution is 2.29. The lowest BCUT2D eigenvalue weighted by molar-refractivity contribution is -0.139. The number of thioether (sulfide) groups is 1. The fourth-order valence-corrected chi connectivity index (χ4v) is 2.77. The summed E-state index contributed by atoms with van der Waals surface area (Å²) in [6.45, 7) is -0.356. The lowest BCUT2D eigenvalue weighted by Crippen LogP contribution is -2.36. The first-order valence-electron chi connectivity index (χ1n) is 5.81. The number of benzene rings is 1. The minimum atomic E-state index is -1.15. The van der Waals surface area contributed by atoms with Crippen LogP contribution in [-0.2, 0) is 9.59 Å². The normalized spacial score (nSPS) is 18.4. The number of hydrogen-bond donors (Lipinski definition) is 1. The molecule has 0 aliphatic carbocycles. The molecule has 2 amide bonds. The molecule has 0 spiro atoms. The van der Waals surface area contributed by atoms with E-state index in [0.717, 1.165) is 4.90 Å². The summed E-state index contributed by atoms with van der Waals surface area (Å²) in [4.78, 5) is 46.9. The van der Waals surface area contributed by atoms with Crippen LogP contribution in [-0.4, -0.2) is 44.7 Å². The maximum absolute atomic E-state index is 11.9. The molecule has 6 nitrogen and oxygen atoms in total. The van der Waals surface area contributed by atoms with Gasteiger partial charge in [0.05, 0.1) is 13.0 Å². The number of amides is 2. The lowest BCUT2D eigenvalue weighted by atomic mass is 10.1. The van der Waals surface area contributed by atoms with Gasteiger partial charge in [0.25, 0.3) is 5.24 Å². The molecule has 0 radical (unpaired) electrons. The van der Waals surface area contributed by atoms with Gasteiger partial charge in [0, 0.05) is 5.56 Å². The summed E-state index contributed by atoms with van der Waals surface area (Å²) in [5, 5.41) is 7.14. The molecule has 1 N–H and O–H groups in total. The molecule has 1 aromatic rings. The van der Waals surface area contributed by atoms with Crippen molar-refractivity contribution < 1.29 is 24.3 Å². The topological polar surface area (TPSA) is 91.8 Å². The quantitative estimate of drug-likeness (QED) is 0.825. The number of carbonyl (C=O) groups is 4. The average molecular weight is 293 g/mol. The summed E-state index contributed by atoms with van der Waals surface area (Å²) in [7, 11) is 0. The van der Waals surface area contributed by atoms with E-state index >= 15 is 0 Å². The van der Waals surface area contributed by atoms with Crippen molar-refractivity contribution in [3.8, 4) is 0 Å². The van der Waals surface area contributed by atoms with Crippen LogP contribution in [0.15, 0.2) is 30.3 Å². The number of ketones is 1. The van der Waals surface area contributed by atoms with E-state index in [1.807, 2.05) is 0 Å². The largest absolute Gasteiger partial charge is 0.481 e. The second kappa shape index (κ2) is 5.87. The number of carbonyl (C=O) groups excluding carboxylic acids is 3. The molecule has 7 heteroatoms. The maximum Gasteiger partial charge on any atom is 0.305 e. The van der Waals surface area contributed by atoms with Gasteiger partial charge in [-0.2, -0.15) is 0 Å². The predicted octanol–water partition coefficient (Wildman–Crippen LogP) is 1.41. The molecule has 0 unspecified atom stereocenters. The highest BCUT2D eigenvalue weighted by Gasteiger charge is 2.41. The Morgan fingerprint density at radius 3 is 2.45 bits per heavy atom. The highest BCUT2D eigenvalue weighted by atomic mass is 32.2. The van der Waals surface area contributed by atoms with E-state index in [2.05, 4.69) is 0 Å². The third-order valence-corrected chi connectivity index (χ3v) is 3.84. The van der Waals surface area contributed by atoms with Crippen molar-refractivity contribution >= 4 is 34.7 Å². The highest BCUT2D eigenvalue weighted by molar-refractivity contribution is 8.15. The molecule has 1 aliphatic heterocycles. The van der Waals surface area contributed by atoms with Gasteiger partial charge in [-0.25, -0.2) is 0 Å². The Morgan fingerprint density at radius 1 is 1.20 bits per heavy atom. The second-order valence-electron chi connectivity index (χ2n) is 4.18. The first kappa shape index (κ1) is 14.3. The number of carboxylic acid groups (broad SMARTS) is 1. The van der Waals surface area contributed by atoms with Crippen molar-refractivity contribution in [2.75, 3.05) is 6.54 Å². The van der Waals surface area contributed by atoms with Gasteiger partial charge in [-0.3, -0.25) is 24.1 Å². The summed E-state index contributed by atoms with van der Waals surface area (Å²) in [5.74, 6) is -2.13. The Kier molecular flexibility index (Phi) is 4.19. The minimum Gasteiger partial charge on any atom is -0.481 e. The minimum absolute atomic E-state index is 0.356. The van der Waals surface area contributed by atoms with Crippen molar-refractivity contribution in [1.29, 1.82) is 0 Å². The van der Waals surface area contributed by atoms with E-state index in [9.17, 15) is 19.2 Å². The van der Waals surface area contributed by atoms with Crippen molar-refractivity contribution in [2.24, 2.45) is 0 Å². The van der Waals surface area contributed by atoms with Crippen LogP contribution >= 0.6 is 11.8 Å². The van der Waals surface area contributed by atoms with E-state index in [0.29, 0.717) is 17.3 Å². The fourth-order valence-electron chi connectivity index (χ4n) is 1.79. The molecule has 2 rings (SSSR count). The van der Waals surface area contributed by atoms with Gasteiger partial charge in [-0.05, 0) is 0 Å². The second-order valence-corrected chi connectivity index (χ2v) is 5.34. The molecule has 1 atom stereocenters. The van der Waals surface area contributed by atoms with Crippen molar-refractivity contribution in [3.63, 3.8) is 0 Å². The van der Waals surface area contributed by atoms with Gasteiger partial charge in [-0.15, -0.1) is 0 Å². The Labute approximate surface area is 118 Å². The standard InChI is InChI=1S/C13H11NO5S/c15-9(8-4-2-1-3-5-8)7-14-12(18)10(6-11(16)17)20-13(14)19/h1-5,10H,6-7H2,(H,16,17)/t10-/m0/s1. The number of aliphatic carboxylic acids is 1. The fraction of sp³-hybridized carbons (Fsp3) is 0.231. The number of imide groups is 1. The zero-order valence-electron chi connectivity index (χ0n) is 10.3. The molecule has 20 heavy (non-hydrogen) atoms. The van der Waals surface area contributed by atoms with E-state index < -0.39 is 28.8 Å². The SMILES string of the molecule is O=C(O)C[C@@H]1SC(=O)N(CC(=O)c2ccccc2)C1=O. The first-order valence-corrected chi connectivity index (χ1v) is 6.69. The van der Waals surface area contributed by atoms with Crippen LogP contribution < -0.4 is 0 Å². The number of nitrogens with zero attached hydrogens (tertiary/aromatic N) is 1. The van der Waals surface area contributed by atoms with Crippen LogP contribution in [0.4, 0.5) is 4.79 Å². The van der Waals surface area contributed by atoms with Gasteiger partial charge in [0.2, 0.25) is 5.91 Å². The van der Waals surface area contributed by atoms with E-state index in [4.69, 9.17) is 5.11 Å². The molecule has 0 bridgehead atoms. The van der Waals surface area contributed by atoms with Gasteiger partial charge < -0.3 is 5.11 Å². The summed E-state index contributed by atoms with van der Waals surface area (Å²) in [6.07, 6.45) is -0.425. The van der Waals surface area contributed by atoms with Crippen LogP contribution in [0, 0.1) is 0 Å². The van der Waals surface area contributed by atoms with Crippen LogP contribution in [0.1, 0.15) is 16.8 Å². The molecule has 1 saturated heterocycles. The summed E-state index contributed by atoms with van der Waals surface area (Å²) < 4.78 is 0. The van der Waals surface area contributed by atoms with Gasteiger partial charge in [0.1, 0.15) is 5.25 Å².